The Morgan fingerprint density at radius 3 is 2.41 bits per heavy atom. The molecular weight excluding hydrogens is 533 g/mol. The highest BCUT2D eigenvalue weighted by Crippen LogP contribution is 2.34. The summed E-state index contributed by atoms with van der Waals surface area (Å²) in [6.07, 6.45) is 7.70. The van der Waals surface area contributed by atoms with E-state index in [1.165, 1.54) is 23.1 Å². The van der Waals surface area contributed by atoms with Crippen molar-refractivity contribution in [1.29, 1.82) is 0 Å². The van der Waals surface area contributed by atoms with Crippen molar-refractivity contribution in [3.05, 3.63) is 77.2 Å². The highest BCUT2D eigenvalue weighted by atomic mass is 19.2. The van der Waals surface area contributed by atoms with E-state index < -0.39 is 23.6 Å². The first-order chi connectivity index (χ1) is 19.8. The molecule has 1 atom stereocenters. The first-order valence-corrected chi connectivity index (χ1v) is 14.3. The molecule has 2 fully saturated rings. The minimum Gasteiger partial charge on any atom is -0.394 e. The van der Waals surface area contributed by atoms with Crippen molar-refractivity contribution in [1.82, 2.24) is 19.9 Å². The van der Waals surface area contributed by atoms with Gasteiger partial charge in [0.25, 0.3) is 0 Å². The highest BCUT2D eigenvalue weighted by molar-refractivity contribution is 5.83. The average Bonchev–Trinajstić information content (AvgIpc) is 3.43. The van der Waals surface area contributed by atoms with Gasteiger partial charge in [0.05, 0.1) is 12.7 Å². The van der Waals surface area contributed by atoms with Crippen LogP contribution >= 0.6 is 0 Å². The van der Waals surface area contributed by atoms with Crippen LogP contribution < -0.4 is 0 Å². The van der Waals surface area contributed by atoms with Gasteiger partial charge in [-0.3, -0.25) is 4.79 Å². The van der Waals surface area contributed by atoms with Gasteiger partial charge in [-0.2, -0.15) is 0 Å². The van der Waals surface area contributed by atoms with Gasteiger partial charge in [-0.25, -0.2) is 23.2 Å². The van der Waals surface area contributed by atoms with E-state index in [2.05, 4.69) is 39.4 Å². The molecule has 41 heavy (non-hydrogen) atoms. The van der Waals surface area contributed by atoms with Crippen LogP contribution in [0.1, 0.15) is 49.1 Å². The van der Waals surface area contributed by atoms with E-state index in [1.54, 1.807) is 4.90 Å². The minimum atomic E-state index is -1.51. The van der Waals surface area contributed by atoms with Gasteiger partial charge in [0, 0.05) is 62.3 Å². The second kappa shape index (κ2) is 13.2. The maximum absolute atomic E-state index is 13.4. The Morgan fingerprint density at radius 2 is 1.73 bits per heavy atom. The van der Waals surface area contributed by atoms with Crippen LogP contribution in [-0.2, 0) is 4.79 Å². The van der Waals surface area contributed by atoms with Gasteiger partial charge in [0.1, 0.15) is 0 Å². The first-order valence-electron chi connectivity index (χ1n) is 14.3. The summed E-state index contributed by atoms with van der Waals surface area (Å²) < 4.78 is 40.0. The number of halogens is 3. The molecule has 1 amide bonds. The number of nitrogens with one attached hydrogen (secondary N) is 1. The zero-order valence-electron chi connectivity index (χ0n) is 23.0. The number of amides is 1. The number of rotatable bonds is 9. The number of aromatic nitrogens is 1. The van der Waals surface area contributed by atoms with Crippen molar-refractivity contribution in [3.8, 4) is 0 Å². The summed E-state index contributed by atoms with van der Waals surface area (Å²) in [4.78, 5) is 17.9. The number of carbonyl (C=O) groups excluding carboxylic acids is 1. The van der Waals surface area contributed by atoms with Crippen LogP contribution in [0, 0.1) is 17.5 Å². The molecule has 1 unspecified atom stereocenters. The molecule has 2 aromatic carbocycles. The SMILES string of the molecule is O=C(C/C=C/c1cc(F)c(F)c(F)c1)N1CCC(N(CC(O)CO)N2CCC(c3c[nH]c4ccccc34)CC2)CC1. The summed E-state index contributed by atoms with van der Waals surface area (Å²) in [5.74, 6) is -3.70. The lowest BCUT2D eigenvalue weighted by Crippen LogP contribution is -2.57. The molecule has 7 nitrogen and oxygen atoms in total. The summed E-state index contributed by atoms with van der Waals surface area (Å²) in [5.41, 5.74) is 2.64. The van der Waals surface area contributed by atoms with Gasteiger partial charge in [-0.05, 0) is 60.9 Å². The highest BCUT2D eigenvalue weighted by Gasteiger charge is 2.33. The van der Waals surface area contributed by atoms with Crippen LogP contribution in [0.15, 0.2) is 48.7 Å². The number of likely N-dealkylation sites (tertiary alicyclic amines) is 1. The number of nitrogens with zero attached hydrogens (tertiary/aromatic N) is 3. The molecule has 3 heterocycles. The van der Waals surface area contributed by atoms with Crippen molar-refractivity contribution in [2.75, 3.05) is 39.3 Å². The van der Waals surface area contributed by atoms with Gasteiger partial charge >= 0.3 is 0 Å². The fraction of sp³-hybridized carbons (Fsp3) is 0.452. The number of fused-ring (bicyclic) bond motifs is 1. The van der Waals surface area contributed by atoms with Crippen LogP contribution in [0.5, 0.6) is 0 Å². The third-order valence-electron chi connectivity index (χ3n) is 8.35. The lowest BCUT2D eigenvalue weighted by Gasteiger charge is -2.47. The standard InChI is InChI=1S/C31H37F3N4O3/c32-27-16-21(17-28(33)31(27)34)4-3-7-30(41)36-12-10-23(11-13-36)38(19-24(40)20-39)37-14-8-22(9-15-37)26-18-35-29-6-2-1-5-25(26)29/h1-6,16-18,22-24,35,39-40H,7-15,19-20H2/b4-3+. The van der Waals surface area contributed by atoms with Crippen LogP contribution in [0.3, 0.4) is 0 Å². The Hall–Kier alpha value is -3.18. The molecule has 220 valence electrons. The van der Waals surface area contributed by atoms with E-state index in [1.807, 2.05) is 6.07 Å². The first kappa shape index (κ1) is 29.3. The fourth-order valence-electron chi connectivity index (χ4n) is 6.14. The van der Waals surface area contributed by atoms with Crippen molar-refractivity contribution in [3.63, 3.8) is 0 Å². The molecule has 0 bridgehead atoms. The number of hydrazine groups is 1. The summed E-state index contributed by atoms with van der Waals surface area (Å²) in [6.45, 7) is 2.81. The monoisotopic (exact) mass is 570 g/mol. The van der Waals surface area contributed by atoms with E-state index in [4.69, 9.17) is 0 Å². The molecule has 3 N–H and O–H groups in total. The summed E-state index contributed by atoms with van der Waals surface area (Å²) in [5, 5.41) is 25.6. The Balaban J connectivity index is 1.16. The van der Waals surface area contributed by atoms with E-state index in [-0.39, 0.29) is 30.5 Å². The third kappa shape index (κ3) is 6.83. The Labute approximate surface area is 237 Å². The second-order valence-corrected chi connectivity index (χ2v) is 11.0. The van der Waals surface area contributed by atoms with Gasteiger partial charge < -0.3 is 20.1 Å². The molecule has 1 aromatic heterocycles. The zero-order chi connectivity index (χ0) is 28.9. The normalized spacial score (nSPS) is 18.6. The second-order valence-electron chi connectivity index (χ2n) is 11.0. The van der Waals surface area contributed by atoms with Crippen LogP contribution in [0.25, 0.3) is 17.0 Å². The maximum atomic E-state index is 13.4. The van der Waals surface area contributed by atoms with Gasteiger partial charge in [-0.1, -0.05) is 30.4 Å². The lowest BCUT2D eigenvalue weighted by atomic mass is 9.89. The number of aliphatic hydroxyl groups excluding tert-OH is 2. The number of hydrogen-bond donors (Lipinski definition) is 3. The van der Waals surface area contributed by atoms with Crippen molar-refractivity contribution in [2.45, 2.75) is 50.2 Å². The number of aromatic amines is 1. The minimum absolute atomic E-state index is 0.0690. The summed E-state index contributed by atoms with van der Waals surface area (Å²) in [7, 11) is 0. The van der Waals surface area contributed by atoms with E-state index in [0.717, 1.165) is 56.4 Å². The number of aliphatic hydroxyl groups is 2. The van der Waals surface area contributed by atoms with Gasteiger partial charge in [0.2, 0.25) is 5.91 Å². The van der Waals surface area contributed by atoms with Crippen LogP contribution in [-0.4, -0.2) is 87.5 Å². The van der Waals surface area contributed by atoms with Crippen molar-refractivity contribution >= 4 is 22.9 Å². The van der Waals surface area contributed by atoms with Crippen molar-refractivity contribution < 1.29 is 28.2 Å². The number of H-pyrrole nitrogens is 1. The molecule has 2 aliphatic heterocycles. The average molecular weight is 571 g/mol. The van der Waals surface area contributed by atoms with Gasteiger partial charge in [0.15, 0.2) is 17.5 Å². The largest absolute Gasteiger partial charge is 0.394 e. The molecule has 0 aliphatic carbocycles. The zero-order valence-corrected chi connectivity index (χ0v) is 23.0. The Kier molecular flexibility index (Phi) is 9.44. The summed E-state index contributed by atoms with van der Waals surface area (Å²) >= 11 is 0. The number of para-hydroxylation sites is 1. The molecular formula is C31H37F3N4O3. The molecule has 5 rings (SSSR count). The Bertz CT molecular complexity index is 1340. The lowest BCUT2D eigenvalue weighted by molar-refractivity contribution is -0.137. The quantitative estimate of drug-likeness (QED) is 0.332. The molecule has 0 radical (unpaired) electrons. The third-order valence-corrected chi connectivity index (χ3v) is 8.35. The van der Waals surface area contributed by atoms with Gasteiger partial charge in [-0.15, -0.1) is 0 Å². The van der Waals surface area contributed by atoms with Crippen LogP contribution in [0.4, 0.5) is 13.2 Å². The topological polar surface area (TPSA) is 83.0 Å². The van der Waals surface area contributed by atoms with Crippen LogP contribution in [0.2, 0.25) is 0 Å². The molecule has 0 spiro atoms. The summed E-state index contributed by atoms with van der Waals surface area (Å²) in [6, 6.07) is 10.3. The Morgan fingerprint density at radius 1 is 1.05 bits per heavy atom. The molecule has 3 aromatic rings. The number of benzene rings is 2. The van der Waals surface area contributed by atoms with E-state index in [9.17, 15) is 28.2 Å². The van der Waals surface area contributed by atoms with Crippen molar-refractivity contribution in [2.24, 2.45) is 0 Å². The smallest absolute Gasteiger partial charge is 0.226 e. The van der Waals surface area contributed by atoms with E-state index >= 15 is 0 Å². The molecule has 0 saturated carbocycles. The number of carbonyl (C=O) groups is 1. The fourth-order valence-corrected chi connectivity index (χ4v) is 6.14. The molecule has 2 aliphatic rings. The predicted octanol–water partition coefficient (Wildman–Crippen LogP) is 4.43. The van der Waals surface area contributed by atoms with E-state index in [0.29, 0.717) is 25.6 Å². The number of piperidine rings is 2. The predicted molar refractivity (Wildman–Crippen MR) is 151 cm³/mol. The number of hydrogen-bond acceptors (Lipinski definition) is 5. The maximum Gasteiger partial charge on any atom is 0.226 e. The molecule has 2 saturated heterocycles. The molecule has 10 heteroatoms.